The minimum absolute atomic E-state index is 0.0259. The number of anilines is 1. The third-order valence-corrected chi connectivity index (χ3v) is 2.99. The molecule has 2 N–H and O–H groups in total. The number of hydrogen-bond acceptors (Lipinski definition) is 3. The maximum absolute atomic E-state index is 12.3. The molecule has 1 aromatic rings. The van der Waals surface area contributed by atoms with Gasteiger partial charge in [0.25, 0.3) is 0 Å². The molecule has 0 aliphatic carbocycles. The first-order valence-electron chi connectivity index (χ1n) is 6.12. The van der Waals surface area contributed by atoms with Gasteiger partial charge in [0, 0.05) is 13.6 Å². The van der Waals surface area contributed by atoms with Crippen LogP contribution >= 0.6 is 0 Å². The summed E-state index contributed by atoms with van der Waals surface area (Å²) in [5, 5.41) is 9.04. The fourth-order valence-corrected chi connectivity index (χ4v) is 1.94. The van der Waals surface area contributed by atoms with E-state index in [0.29, 0.717) is 17.8 Å². The average Bonchev–Trinajstić information content (AvgIpc) is 2.43. The van der Waals surface area contributed by atoms with Crippen LogP contribution in [0.2, 0.25) is 0 Å². The van der Waals surface area contributed by atoms with Gasteiger partial charge in [-0.25, -0.2) is 0 Å². The molecule has 0 radical (unpaired) electrons. The molecule has 96 valence electrons. The van der Waals surface area contributed by atoms with Crippen LogP contribution in [-0.4, -0.2) is 19.5 Å². The fourth-order valence-electron chi connectivity index (χ4n) is 1.94. The second-order valence-corrected chi connectivity index (χ2v) is 4.25. The Balaban J connectivity index is 2.96. The molecule has 1 unspecified atom stereocenters. The maximum Gasteiger partial charge on any atom is 0.231 e. The summed E-state index contributed by atoms with van der Waals surface area (Å²) in [6.45, 7) is 2.37. The Morgan fingerprint density at radius 3 is 2.72 bits per heavy atom. The SMILES string of the molecule is CCCC(CN)C(=O)N(C)c1ccccc1C#N. The number of benzene rings is 1. The summed E-state index contributed by atoms with van der Waals surface area (Å²) in [6.07, 6.45) is 1.69. The smallest absolute Gasteiger partial charge is 0.231 e. The highest BCUT2D eigenvalue weighted by Gasteiger charge is 2.22. The minimum Gasteiger partial charge on any atom is -0.330 e. The summed E-state index contributed by atoms with van der Waals surface area (Å²) < 4.78 is 0. The highest BCUT2D eigenvalue weighted by molar-refractivity contribution is 5.95. The largest absolute Gasteiger partial charge is 0.330 e. The van der Waals surface area contributed by atoms with E-state index in [0.717, 1.165) is 12.8 Å². The van der Waals surface area contributed by atoms with Gasteiger partial charge in [0.1, 0.15) is 6.07 Å². The maximum atomic E-state index is 12.3. The molecule has 0 aliphatic rings. The van der Waals surface area contributed by atoms with Crippen LogP contribution in [0.3, 0.4) is 0 Å². The molecule has 1 rings (SSSR count). The van der Waals surface area contributed by atoms with E-state index < -0.39 is 0 Å². The second kappa shape index (κ2) is 6.77. The van der Waals surface area contributed by atoms with Crippen molar-refractivity contribution in [2.75, 3.05) is 18.5 Å². The number of nitrogens with two attached hydrogens (primary N) is 1. The number of nitriles is 1. The summed E-state index contributed by atoms with van der Waals surface area (Å²) in [5.41, 5.74) is 6.77. The molecule has 0 saturated heterocycles. The molecule has 0 aliphatic heterocycles. The van der Waals surface area contributed by atoms with E-state index in [9.17, 15) is 4.79 Å². The lowest BCUT2D eigenvalue weighted by Crippen LogP contribution is -2.37. The predicted molar refractivity (Wildman–Crippen MR) is 72.0 cm³/mol. The van der Waals surface area contributed by atoms with Crippen LogP contribution < -0.4 is 10.6 Å². The standard InChI is InChI=1S/C14H19N3O/c1-3-6-12(10-16)14(18)17(2)13-8-5-4-7-11(13)9-15/h4-5,7-8,12H,3,6,10,16H2,1-2H3. The fraction of sp³-hybridized carbons (Fsp3) is 0.429. The number of para-hydroxylation sites is 1. The molecule has 0 aromatic heterocycles. The van der Waals surface area contributed by atoms with Crippen LogP contribution in [0.15, 0.2) is 24.3 Å². The Bertz CT molecular complexity index is 451. The summed E-state index contributed by atoms with van der Waals surface area (Å²) in [4.78, 5) is 13.8. The number of carbonyl (C=O) groups excluding carboxylic acids is 1. The first kappa shape index (κ1) is 14.2. The number of amides is 1. The molecule has 0 saturated carbocycles. The van der Waals surface area contributed by atoms with Crippen LogP contribution in [0.25, 0.3) is 0 Å². The van der Waals surface area contributed by atoms with Crippen LogP contribution in [0, 0.1) is 17.2 Å². The van der Waals surface area contributed by atoms with E-state index in [1.54, 1.807) is 25.2 Å². The van der Waals surface area contributed by atoms with Gasteiger partial charge in [0.15, 0.2) is 0 Å². The molecule has 4 heteroatoms. The van der Waals surface area contributed by atoms with Crippen molar-refractivity contribution < 1.29 is 4.79 Å². The number of nitrogens with zero attached hydrogens (tertiary/aromatic N) is 2. The van der Waals surface area contributed by atoms with E-state index in [4.69, 9.17) is 11.0 Å². The zero-order valence-corrected chi connectivity index (χ0v) is 10.9. The molecule has 0 heterocycles. The van der Waals surface area contributed by atoms with Crippen molar-refractivity contribution in [2.45, 2.75) is 19.8 Å². The summed E-state index contributed by atoms with van der Waals surface area (Å²) in [6, 6.07) is 9.17. The Morgan fingerprint density at radius 1 is 1.50 bits per heavy atom. The van der Waals surface area contributed by atoms with Gasteiger partial charge in [-0.3, -0.25) is 4.79 Å². The molecule has 4 nitrogen and oxygen atoms in total. The molecule has 0 bridgehead atoms. The first-order chi connectivity index (χ1) is 8.65. The topological polar surface area (TPSA) is 70.1 Å². The van der Waals surface area contributed by atoms with E-state index in [1.807, 2.05) is 13.0 Å². The van der Waals surface area contributed by atoms with Crippen LogP contribution in [0.5, 0.6) is 0 Å². The van der Waals surface area contributed by atoms with Crippen molar-refractivity contribution in [1.29, 1.82) is 5.26 Å². The molecule has 18 heavy (non-hydrogen) atoms. The molecular formula is C14H19N3O. The van der Waals surface area contributed by atoms with E-state index in [-0.39, 0.29) is 11.8 Å². The molecule has 1 amide bonds. The monoisotopic (exact) mass is 245 g/mol. The number of carbonyl (C=O) groups is 1. The lowest BCUT2D eigenvalue weighted by molar-refractivity contribution is -0.122. The van der Waals surface area contributed by atoms with Crippen molar-refractivity contribution in [1.82, 2.24) is 0 Å². The quantitative estimate of drug-likeness (QED) is 0.861. The van der Waals surface area contributed by atoms with Crippen molar-refractivity contribution in [2.24, 2.45) is 11.7 Å². The highest BCUT2D eigenvalue weighted by Crippen LogP contribution is 2.21. The summed E-state index contributed by atoms with van der Waals surface area (Å²) in [7, 11) is 1.69. The second-order valence-electron chi connectivity index (χ2n) is 4.25. The number of rotatable bonds is 5. The summed E-state index contributed by atoms with van der Waals surface area (Å²) >= 11 is 0. The Hall–Kier alpha value is -1.86. The van der Waals surface area contributed by atoms with Crippen LogP contribution in [-0.2, 0) is 4.79 Å². The van der Waals surface area contributed by atoms with Crippen molar-refractivity contribution in [3.8, 4) is 6.07 Å². The van der Waals surface area contributed by atoms with Crippen LogP contribution in [0.4, 0.5) is 5.69 Å². The van der Waals surface area contributed by atoms with Gasteiger partial charge in [0.2, 0.25) is 5.91 Å². The lowest BCUT2D eigenvalue weighted by atomic mass is 10.0. The Labute approximate surface area is 108 Å². The van der Waals surface area contributed by atoms with Gasteiger partial charge in [-0.2, -0.15) is 5.26 Å². The lowest BCUT2D eigenvalue weighted by Gasteiger charge is -2.23. The van der Waals surface area contributed by atoms with Gasteiger partial charge in [-0.05, 0) is 18.6 Å². The van der Waals surface area contributed by atoms with E-state index in [2.05, 4.69) is 6.07 Å². The zero-order chi connectivity index (χ0) is 13.5. The molecule has 1 atom stereocenters. The van der Waals surface area contributed by atoms with Gasteiger partial charge in [0.05, 0.1) is 17.2 Å². The summed E-state index contributed by atoms with van der Waals surface area (Å²) in [5.74, 6) is -0.200. The minimum atomic E-state index is -0.174. The van der Waals surface area contributed by atoms with Gasteiger partial charge in [-0.1, -0.05) is 25.5 Å². The molecular weight excluding hydrogens is 226 g/mol. The third-order valence-electron chi connectivity index (χ3n) is 2.99. The van der Waals surface area contributed by atoms with E-state index in [1.165, 1.54) is 4.90 Å². The molecule has 0 fully saturated rings. The molecule has 0 spiro atoms. The van der Waals surface area contributed by atoms with Crippen molar-refractivity contribution >= 4 is 11.6 Å². The average molecular weight is 245 g/mol. The third kappa shape index (κ3) is 3.08. The Morgan fingerprint density at radius 2 is 2.17 bits per heavy atom. The highest BCUT2D eigenvalue weighted by atomic mass is 16.2. The Kier molecular flexibility index (Phi) is 5.34. The van der Waals surface area contributed by atoms with Crippen molar-refractivity contribution in [3.63, 3.8) is 0 Å². The normalized spacial score (nSPS) is 11.7. The predicted octanol–water partition coefficient (Wildman–Crippen LogP) is 1.90. The van der Waals surface area contributed by atoms with Crippen molar-refractivity contribution in [3.05, 3.63) is 29.8 Å². The molecule has 1 aromatic carbocycles. The van der Waals surface area contributed by atoms with Gasteiger partial charge < -0.3 is 10.6 Å². The first-order valence-corrected chi connectivity index (χ1v) is 6.12. The number of hydrogen-bond donors (Lipinski definition) is 1. The van der Waals surface area contributed by atoms with Gasteiger partial charge in [-0.15, -0.1) is 0 Å². The van der Waals surface area contributed by atoms with Crippen LogP contribution in [0.1, 0.15) is 25.3 Å². The zero-order valence-electron chi connectivity index (χ0n) is 10.9. The van der Waals surface area contributed by atoms with E-state index >= 15 is 0 Å². The van der Waals surface area contributed by atoms with Gasteiger partial charge >= 0.3 is 0 Å².